The van der Waals surface area contributed by atoms with E-state index in [9.17, 15) is 0 Å². The van der Waals surface area contributed by atoms with E-state index < -0.39 is 0 Å². The number of hydrogen-bond acceptors (Lipinski definition) is 5. The Morgan fingerprint density at radius 2 is 2.35 bits per heavy atom. The van der Waals surface area contributed by atoms with Crippen LogP contribution in [-0.4, -0.2) is 22.6 Å². The van der Waals surface area contributed by atoms with Gasteiger partial charge in [-0.1, -0.05) is 13.3 Å². The zero-order chi connectivity index (χ0) is 12.3. The monoisotopic (exact) mass is 235 g/mol. The van der Waals surface area contributed by atoms with Crippen LogP contribution in [0.3, 0.4) is 0 Å². The highest BCUT2D eigenvalue weighted by Gasteiger charge is 2.24. The Morgan fingerprint density at radius 3 is 2.94 bits per heavy atom. The lowest BCUT2D eigenvalue weighted by molar-refractivity contribution is 0.719. The summed E-state index contributed by atoms with van der Waals surface area (Å²) >= 11 is 0. The summed E-state index contributed by atoms with van der Waals surface area (Å²) in [4.78, 5) is 11.0. The van der Waals surface area contributed by atoms with E-state index in [2.05, 4.69) is 34.1 Å². The van der Waals surface area contributed by atoms with E-state index in [4.69, 9.17) is 5.84 Å². The molecule has 3 N–H and O–H groups in total. The summed E-state index contributed by atoms with van der Waals surface area (Å²) < 4.78 is 0. The normalized spacial score (nSPS) is 19.7. The molecule has 2 heterocycles. The molecule has 0 radical (unpaired) electrons. The average Bonchev–Trinajstić information content (AvgIpc) is 2.76. The number of nitrogen functional groups attached to an aromatic ring is 1. The molecule has 1 saturated heterocycles. The Hall–Kier alpha value is -1.36. The van der Waals surface area contributed by atoms with Crippen LogP contribution in [0, 0.1) is 0 Å². The van der Waals surface area contributed by atoms with Crippen LogP contribution in [0.4, 0.5) is 11.6 Å². The molecule has 5 heteroatoms. The molecule has 0 amide bonds. The maximum Gasteiger partial charge on any atom is 0.148 e. The molecule has 17 heavy (non-hydrogen) atoms. The molecule has 1 aromatic heterocycles. The fourth-order valence-electron chi connectivity index (χ4n) is 2.50. The molecule has 0 spiro atoms. The maximum atomic E-state index is 5.52. The van der Waals surface area contributed by atoms with Gasteiger partial charge in [0.1, 0.15) is 18.0 Å². The molecule has 0 aliphatic carbocycles. The van der Waals surface area contributed by atoms with E-state index in [1.807, 2.05) is 0 Å². The van der Waals surface area contributed by atoms with Gasteiger partial charge in [-0.15, -0.1) is 0 Å². The second-order valence-corrected chi connectivity index (χ2v) is 4.60. The minimum Gasteiger partial charge on any atom is -0.354 e. The minimum absolute atomic E-state index is 0.561. The van der Waals surface area contributed by atoms with Gasteiger partial charge in [-0.25, -0.2) is 15.8 Å². The zero-order valence-electron chi connectivity index (χ0n) is 10.6. The van der Waals surface area contributed by atoms with Crippen molar-refractivity contribution < 1.29 is 0 Å². The van der Waals surface area contributed by atoms with E-state index in [-0.39, 0.29) is 0 Å². The molecule has 1 aromatic rings. The van der Waals surface area contributed by atoms with Gasteiger partial charge in [0.2, 0.25) is 0 Å². The van der Waals surface area contributed by atoms with Gasteiger partial charge in [0.25, 0.3) is 0 Å². The Morgan fingerprint density at radius 1 is 1.53 bits per heavy atom. The second-order valence-electron chi connectivity index (χ2n) is 4.60. The van der Waals surface area contributed by atoms with E-state index in [0.29, 0.717) is 6.04 Å². The molecule has 0 bridgehead atoms. The molecule has 2 rings (SSSR count). The van der Waals surface area contributed by atoms with E-state index in [1.54, 1.807) is 6.33 Å². The lowest BCUT2D eigenvalue weighted by Crippen LogP contribution is -2.29. The first-order valence-corrected chi connectivity index (χ1v) is 6.35. The number of nitrogens with one attached hydrogen (secondary N) is 1. The van der Waals surface area contributed by atoms with E-state index >= 15 is 0 Å². The second kappa shape index (κ2) is 5.31. The fraction of sp³-hybridized carbons (Fsp3) is 0.667. The molecular weight excluding hydrogens is 214 g/mol. The Bertz CT molecular complexity index is 379. The van der Waals surface area contributed by atoms with Crippen LogP contribution in [0.5, 0.6) is 0 Å². The van der Waals surface area contributed by atoms with Gasteiger partial charge < -0.3 is 10.3 Å². The summed E-state index contributed by atoms with van der Waals surface area (Å²) in [6.07, 6.45) is 6.09. The summed E-state index contributed by atoms with van der Waals surface area (Å²) in [7, 11) is 0. The van der Waals surface area contributed by atoms with Gasteiger partial charge in [-0.2, -0.15) is 0 Å². The molecule has 5 nitrogen and oxygen atoms in total. The third kappa shape index (κ3) is 2.34. The van der Waals surface area contributed by atoms with Gasteiger partial charge in [-0.3, -0.25) is 0 Å². The van der Waals surface area contributed by atoms with Crippen molar-refractivity contribution in [3.63, 3.8) is 0 Å². The summed E-state index contributed by atoms with van der Waals surface area (Å²) in [5.41, 5.74) is 3.83. The highest BCUT2D eigenvalue weighted by atomic mass is 15.3. The Labute approximate surface area is 102 Å². The van der Waals surface area contributed by atoms with Crippen molar-refractivity contribution in [3.05, 3.63) is 11.9 Å². The predicted molar refractivity (Wildman–Crippen MR) is 69.9 cm³/mol. The number of aromatic nitrogens is 2. The Kier molecular flexibility index (Phi) is 3.78. The third-order valence-corrected chi connectivity index (χ3v) is 3.38. The summed E-state index contributed by atoms with van der Waals surface area (Å²) in [5.74, 6) is 7.34. The average molecular weight is 235 g/mol. The minimum atomic E-state index is 0.561. The highest BCUT2D eigenvalue weighted by Crippen LogP contribution is 2.30. The fourth-order valence-corrected chi connectivity index (χ4v) is 2.50. The van der Waals surface area contributed by atoms with E-state index in [0.717, 1.165) is 36.6 Å². The van der Waals surface area contributed by atoms with Crippen LogP contribution in [0.1, 0.15) is 38.7 Å². The van der Waals surface area contributed by atoms with Gasteiger partial charge in [0.15, 0.2) is 0 Å². The summed E-state index contributed by atoms with van der Waals surface area (Å²) in [6, 6.07) is 0.561. The predicted octanol–water partition coefficient (Wildman–Crippen LogP) is 1.70. The van der Waals surface area contributed by atoms with Crippen molar-refractivity contribution in [1.29, 1.82) is 0 Å². The SMILES string of the molecule is CCCc1c(NN)ncnc1N1CCCC1C. The zero-order valence-corrected chi connectivity index (χ0v) is 10.6. The molecule has 1 atom stereocenters. The molecular formula is C12H21N5. The number of nitrogens with zero attached hydrogens (tertiary/aromatic N) is 3. The summed E-state index contributed by atoms with van der Waals surface area (Å²) in [5, 5.41) is 0. The van der Waals surface area contributed by atoms with Gasteiger partial charge >= 0.3 is 0 Å². The standard InChI is InChI=1S/C12H21N5/c1-3-5-10-11(16-13)14-8-15-12(10)17-7-4-6-9(17)2/h8-9H,3-7,13H2,1-2H3,(H,14,15,16). The number of hydrazine groups is 1. The highest BCUT2D eigenvalue weighted by molar-refractivity contribution is 5.59. The Balaban J connectivity index is 2.37. The van der Waals surface area contributed by atoms with E-state index in [1.165, 1.54) is 12.8 Å². The van der Waals surface area contributed by atoms with Crippen molar-refractivity contribution >= 4 is 11.6 Å². The largest absolute Gasteiger partial charge is 0.354 e. The first-order chi connectivity index (χ1) is 8.27. The van der Waals surface area contributed by atoms with Gasteiger partial charge in [0.05, 0.1) is 0 Å². The molecule has 1 aliphatic rings. The molecule has 1 unspecified atom stereocenters. The smallest absolute Gasteiger partial charge is 0.148 e. The number of rotatable bonds is 4. The molecule has 1 aliphatic heterocycles. The van der Waals surface area contributed by atoms with Gasteiger partial charge in [-0.05, 0) is 26.2 Å². The maximum absolute atomic E-state index is 5.52. The third-order valence-electron chi connectivity index (χ3n) is 3.38. The quantitative estimate of drug-likeness (QED) is 0.614. The molecule has 94 valence electrons. The topological polar surface area (TPSA) is 67.1 Å². The van der Waals surface area contributed by atoms with Crippen molar-refractivity contribution in [2.45, 2.75) is 45.6 Å². The number of hydrogen-bond donors (Lipinski definition) is 2. The lowest BCUT2D eigenvalue weighted by Gasteiger charge is -2.25. The van der Waals surface area contributed by atoms with Crippen LogP contribution in [0.15, 0.2) is 6.33 Å². The van der Waals surface area contributed by atoms with Crippen molar-refractivity contribution in [2.24, 2.45) is 5.84 Å². The summed E-state index contributed by atoms with van der Waals surface area (Å²) in [6.45, 7) is 5.49. The van der Waals surface area contributed by atoms with Crippen molar-refractivity contribution in [2.75, 3.05) is 16.9 Å². The number of nitrogens with two attached hydrogens (primary N) is 1. The van der Waals surface area contributed by atoms with Crippen LogP contribution in [0.2, 0.25) is 0 Å². The first kappa shape index (κ1) is 12.1. The van der Waals surface area contributed by atoms with Crippen LogP contribution < -0.4 is 16.2 Å². The molecule has 1 fully saturated rings. The van der Waals surface area contributed by atoms with Crippen LogP contribution >= 0.6 is 0 Å². The lowest BCUT2D eigenvalue weighted by atomic mass is 10.1. The van der Waals surface area contributed by atoms with Crippen molar-refractivity contribution in [3.8, 4) is 0 Å². The van der Waals surface area contributed by atoms with Crippen molar-refractivity contribution in [1.82, 2.24) is 9.97 Å². The number of anilines is 2. The first-order valence-electron chi connectivity index (χ1n) is 6.35. The molecule has 0 aromatic carbocycles. The molecule has 0 saturated carbocycles. The van der Waals surface area contributed by atoms with Gasteiger partial charge in [0, 0.05) is 18.2 Å². The van der Waals surface area contributed by atoms with Crippen LogP contribution in [-0.2, 0) is 6.42 Å². The van der Waals surface area contributed by atoms with Crippen LogP contribution in [0.25, 0.3) is 0 Å².